The van der Waals surface area contributed by atoms with Crippen LogP contribution in [0.1, 0.15) is 17.2 Å². The van der Waals surface area contributed by atoms with Crippen LogP contribution in [0.25, 0.3) is 0 Å². The normalized spacial score (nSPS) is 12.3. The predicted octanol–water partition coefficient (Wildman–Crippen LogP) is 1.14. The van der Waals surface area contributed by atoms with E-state index in [-0.39, 0.29) is 11.7 Å². The van der Waals surface area contributed by atoms with Crippen LogP contribution in [0.4, 0.5) is 4.39 Å². The van der Waals surface area contributed by atoms with Gasteiger partial charge in [-0.05, 0) is 31.2 Å². The number of carbonyl (C=O) groups excluding carboxylic acids is 1. The maximum atomic E-state index is 13.0. The lowest BCUT2D eigenvalue weighted by atomic mass is 10.0. The van der Waals surface area contributed by atoms with Gasteiger partial charge in [0.15, 0.2) is 0 Å². The first kappa shape index (κ1) is 11.7. The molecule has 0 saturated carbocycles. The third-order valence-electron chi connectivity index (χ3n) is 2.31. The molecule has 2 N–H and O–H groups in total. The highest BCUT2D eigenvalue weighted by atomic mass is 19.1. The fourth-order valence-electron chi connectivity index (χ4n) is 1.44. The summed E-state index contributed by atoms with van der Waals surface area (Å²) in [4.78, 5) is 11.5. The summed E-state index contributed by atoms with van der Waals surface area (Å²) in [5.41, 5.74) is 1.30. The first-order chi connectivity index (χ1) is 7.10. The van der Waals surface area contributed by atoms with Gasteiger partial charge in [-0.25, -0.2) is 4.39 Å². The molecule has 0 radical (unpaired) electrons. The van der Waals surface area contributed by atoms with Gasteiger partial charge in [0.2, 0.25) is 5.91 Å². The fourth-order valence-corrected chi connectivity index (χ4v) is 1.44. The van der Waals surface area contributed by atoms with E-state index in [2.05, 4.69) is 10.6 Å². The third kappa shape index (κ3) is 2.53. The van der Waals surface area contributed by atoms with Gasteiger partial charge in [0.1, 0.15) is 11.9 Å². The number of likely N-dealkylation sites (N-methyl/N-ethyl adjacent to an activating group) is 2. The molecular formula is C11H15FN2O. The summed E-state index contributed by atoms with van der Waals surface area (Å²) in [5.74, 6) is -0.394. The van der Waals surface area contributed by atoms with Crippen molar-refractivity contribution < 1.29 is 9.18 Å². The highest BCUT2D eigenvalue weighted by molar-refractivity contribution is 5.82. The zero-order chi connectivity index (χ0) is 11.4. The molecule has 0 fully saturated rings. The summed E-state index contributed by atoms with van der Waals surface area (Å²) in [6.07, 6.45) is 0. The Morgan fingerprint density at radius 2 is 2.07 bits per heavy atom. The van der Waals surface area contributed by atoms with E-state index in [0.717, 1.165) is 5.56 Å². The SMILES string of the molecule is CNC(=O)C(NC)c1ccc(F)c(C)c1. The average Bonchev–Trinajstić information content (AvgIpc) is 2.24. The fraction of sp³-hybridized carbons (Fsp3) is 0.364. The number of amides is 1. The van der Waals surface area contributed by atoms with Gasteiger partial charge in [-0.1, -0.05) is 12.1 Å². The Morgan fingerprint density at radius 3 is 2.53 bits per heavy atom. The molecule has 4 heteroatoms. The Morgan fingerprint density at radius 1 is 1.40 bits per heavy atom. The van der Waals surface area contributed by atoms with Crippen LogP contribution in [0.3, 0.4) is 0 Å². The second-order valence-corrected chi connectivity index (χ2v) is 3.34. The zero-order valence-electron chi connectivity index (χ0n) is 9.10. The molecule has 1 rings (SSSR count). The zero-order valence-corrected chi connectivity index (χ0v) is 9.10. The first-order valence-electron chi connectivity index (χ1n) is 4.75. The van der Waals surface area contributed by atoms with Crippen LogP contribution in [0, 0.1) is 12.7 Å². The van der Waals surface area contributed by atoms with E-state index in [1.807, 2.05) is 0 Å². The number of aryl methyl sites for hydroxylation is 1. The van der Waals surface area contributed by atoms with E-state index in [4.69, 9.17) is 0 Å². The van der Waals surface area contributed by atoms with Crippen LogP contribution < -0.4 is 10.6 Å². The van der Waals surface area contributed by atoms with Crippen molar-refractivity contribution in [1.29, 1.82) is 0 Å². The summed E-state index contributed by atoms with van der Waals surface area (Å²) in [6, 6.07) is 4.22. The van der Waals surface area contributed by atoms with Crippen molar-refractivity contribution in [3.8, 4) is 0 Å². The van der Waals surface area contributed by atoms with Gasteiger partial charge in [0.05, 0.1) is 0 Å². The lowest BCUT2D eigenvalue weighted by molar-refractivity contribution is -0.122. The lowest BCUT2D eigenvalue weighted by Gasteiger charge is -2.15. The first-order valence-corrected chi connectivity index (χ1v) is 4.75. The van der Waals surface area contributed by atoms with Gasteiger partial charge in [-0.3, -0.25) is 4.79 Å². The molecule has 82 valence electrons. The molecule has 0 aliphatic heterocycles. The minimum atomic E-state index is -0.436. The molecule has 0 aromatic heterocycles. The molecule has 0 saturated heterocycles. The maximum absolute atomic E-state index is 13.0. The number of halogens is 1. The van der Waals surface area contributed by atoms with E-state index >= 15 is 0 Å². The quantitative estimate of drug-likeness (QED) is 0.785. The molecular weight excluding hydrogens is 195 g/mol. The van der Waals surface area contributed by atoms with Crippen molar-refractivity contribution in [2.75, 3.05) is 14.1 Å². The predicted molar refractivity (Wildman–Crippen MR) is 57.0 cm³/mol. The summed E-state index contributed by atoms with van der Waals surface area (Å²) < 4.78 is 13.0. The van der Waals surface area contributed by atoms with E-state index in [1.54, 1.807) is 33.2 Å². The van der Waals surface area contributed by atoms with Gasteiger partial charge in [0.25, 0.3) is 0 Å². The van der Waals surface area contributed by atoms with Crippen molar-refractivity contribution in [1.82, 2.24) is 10.6 Å². The molecule has 15 heavy (non-hydrogen) atoms. The lowest BCUT2D eigenvalue weighted by Crippen LogP contribution is -2.33. The van der Waals surface area contributed by atoms with Gasteiger partial charge < -0.3 is 10.6 Å². The summed E-state index contributed by atoms with van der Waals surface area (Å²) in [6.45, 7) is 1.68. The van der Waals surface area contributed by atoms with Gasteiger partial charge >= 0.3 is 0 Å². The molecule has 1 aromatic carbocycles. The Kier molecular flexibility index (Phi) is 3.80. The minimum Gasteiger partial charge on any atom is -0.358 e. The average molecular weight is 210 g/mol. The Hall–Kier alpha value is -1.42. The molecule has 3 nitrogen and oxygen atoms in total. The topological polar surface area (TPSA) is 41.1 Å². The van der Waals surface area contributed by atoms with Crippen molar-refractivity contribution in [2.24, 2.45) is 0 Å². The van der Waals surface area contributed by atoms with Gasteiger partial charge in [0, 0.05) is 7.05 Å². The molecule has 1 amide bonds. The number of nitrogens with one attached hydrogen (secondary N) is 2. The molecule has 1 atom stereocenters. The van der Waals surface area contributed by atoms with Gasteiger partial charge in [-0.15, -0.1) is 0 Å². The molecule has 0 heterocycles. The second-order valence-electron chi connectivity index (χ2n) is 3.34. The molecule has 0 aliphatic carbocycles. The number of rotatable bonds is 3. The number of hydrogen-bond donors (Lipinski definition) is 2. The number of carbonyl (C=O) groups is 1. The Bertz CT molecular complexity index is 366. The number of benzene rings is 1. The summed E-state index contributed by atoms with van der Waals surface area (Å²) in [5, 5.41) is 5.43. The van der Waals surface area contributed by atoms with Crippen LogP contribution in [0.15, 0.2) is 18.2 Å². The molecule has 0 spiro atoms. The van der Waals surface area contributed by atoms with Gasteiger partial charge in [-0.2, -0.15) is 0 Å². The number of hydrogen-bond acceptors (Lipinski definition) is 2. The van der Waals surface area contributed by atoms with Crippen LogP contribution in [-0.4, -0.2) is 20.0 Å². The highest BCUT2D eigenvalue weighted by Gasteiger charge is 2.17. The van der Waals surface area contributed by atoms with E-state index < -0.39 is 6.04 Å². The van der Waals surface area contributed by atoms with Crippen molar-refractivity contribution in [2.45, 2.75) is 13.0 Å². The van der Waals surface area contributed by atoms with E-state index in [1.165, 1.54) is 6.07 Å². The molecule has 0 aliphatic rings. The molecule has 1 unspecified atom stereocenters. The van der Waals surface area contributed by atoms with Crippen molar-refractivity contribution in [3.05, 3.63) is 35.1 Å². The standard InChI is InChI=1S/C11H15FN2O/c1-7-6-8(4-5-9(7)12)10(13-2)11(15)14-3/h4-6,10,13H,1-3H3,(H,14,15). The van der Waals surface area contributed by atoms with E-state index in [0.29, 0.717) is 5.56 Å². The second kappa shape index (κ2) is 4.89. The van der Waals surface area contributed by atoms with Crippen LogP contribution >= 0.6 is 0 Å². The third-order valence-corrected chi connectivity index (χ3v) is 2.31. The van der Waals surface area contributed by atoms with Crippen LogP contribution in [0.5, 0.6) is 0 Å². The minimum absolute atomic E-state index is 0.136. The highest BCUT2D eigenvalue weighted by Crippen LogP contribution is 2.16. The van der Waals surface area contributed by atoms with Crippen molar-refractivity contribution in [3.63, 3.8) is 0 Å². The summed E-state index contributed by atoms with van der Waals surface area (Å²) in [7, 11) is 3.27. The monoisotopic (exact) mass is 210 g/mol. The largest absolute Gasteiger partial charge is 0.358 e. The maximum Gasteiger partial charge on any atom is 0.241 e. The Labute approximate surface area is 88.7 Å². The molecule has 0 bridgehead atoms. The van der Waals surface area contributed by atoms with Crippen molar-refractivity contribution >= 4 is 5.91 Å². The smallest absolute Gasteiger partial charge is 0.241 e. The Balaban J connectivity index is 3.02. The van der Waals surface area contributed by atoms with Crippen LogP contribution in [0.2, 0.25) is 0 Å². The van der Waals surface area contributed by atoms with Crippen LogP contribution in [-0.2, 0) is 4.79 Å². The summed E-state index contributed by atoms with van der Waals surface area (Å²) >= 11 is 0. The van der Waals surface area contributed by atoms with E-state index in [9.17, 15) is 9.18 Å². The molecule has 1 aromatic rings.